The molecule has 1 aliphatic rings. The predicted octanol–water partition coefficient (Wildman–Crippen LogP) is 1.39. The summed E-state index contributed by atoms with van der Waals surface area (Å²) in [4.78, 5) is 16.4. The maximum atomic E-state index is 12.3. The molecule has 1 aliphatic heterocycles. The van der Waals surface area contributed by atoms with Crippen molar-refractivity contribution in [2.24, 2.45) is 5.92 Å². The van der Waals surface area contributed by atoms with E-state index in [0.717, 1.165) is 5.56 Å². The summed E-state index contributed by atoms with van der Waals surface area (Å²) >= 11 is 0. The highest BCUT2D eigenvalue weighted by atomic mass is 16.7. The lowest BCUT2D eigenvalue weighted by Crippen LogP contribution is -2.32. The van der Waals surface area contributed by atoms with Crippen LogP contribution >= 0.6 is 0 Å². The lowest BCUT2D eigenvalue weighted by molar-refractivity contribution is 0.0935. The van der Waals surface area contributed by atoms with E-state index in [0.29, 0.717) is 30.0 Å². The second-order valence-electron chi connectivity index (χ2n) is 5.36. The van der Waals surface area contributed by atoms with Gasteiger partial charge in [-0.25, -0.2) is 0 Å². The Hall–Kier alpha value is -2.60. The molecule has 0 saturated heterocycles. The number of nitrogens with zero attached hydrogens (tertiary/aromatic N) is 1. The largest absolute Gasteiger partial charge is 0.454 e. The topological polar surface area (TPSA) is 80.7 Å². The molecule has 2 heterocycles. The zero-order chi connectivity index (χ0) is 16.1. The molecule has 0 aliphatic carbocycles. The molecule has 120 valence electrons. The lowest BCUT2D eigenvalue weighted by Gasteiger charge is -2.15. The van der Waals surface area contributed by atoms with Gasteiger partial charge in [-0.3, -0.25) is 9.78 Å². The molecule has 0 radical (unpaired) electrons. The Balaban J connectivity index is 1.61. The predicted molar refractivity (Wildman–Crippen MR) is 83.4 cm³/mol. The first-order valence-corrected chi connectivity index (χ1v) is 7.44. The zero-order valence-electron chi connectivity index (χ0n) is 12.6. The number of aromatic nitrogens is 1. The molecule has 2 N–H and O–H groups in total. The Morgan fingerprint density at radius 3 is 3.00 bits per heavy atom. The number of fused-ring (bicyclic) bond motifs is 1. The van der Waals surface area contributed by atoms with E-state index in [1.54, 1.807) is 30.6 Å². The van der Waals surface area contributed by atoms with Gasteiger partial charge in [0.2, 0.25) is 6.79 Å². The molecular formula is C17H18N2O4. The normalized spacial score (nSPS) is 13.6. The molecule has 6 nitrogen and oxygen atoms in total. The molecule has 0 spiro atoms. The number of nitrogens with one attached hydrogen (secondary N) is 1. The Labute approximate surface area is 134 Å². The highest BCUT2D eigenvalue weighted by Gasteiger charge is 2.22. The summed E-state index contributed by atoms with van der Waals surface area (Å²) in [5, 5.41) is 12.4. The van der Waals surface area contributed by atoms with Gasteiger partial charge in [-0.1, -0.05) is 12.1 Å². The summed E-state index contributed by atoms with van der Waals surface area (Å²) in [6.07, 6.45) is 4.12. The number of carbonyl (C=O) groups excluding carboxylic acids is 1. The maximum absolute atomic E-state index is 12.3. The van der Waals surface area contributed by atoms with Crippen LogP contribution in [0.25, 0.3) is 0 Å². The van der Waals surface area contributed by atoms with E-state index in [1.165, 1.54) is 0 Å². The second kappa shape index (κ2) is 7.11. The van der Waals surface area contributed by atoms with Crippen molar-refractivity contribution < 1.29 is 19.4 Å². The van der Waals surface area contributed by atoms with Crippen LogP contribution in [0.1, 0.15) is 15.9 Å². The van der Waals surface area contributed by atoms with Crippen LogP contribution in [0.15, 0.2) is 42.7 Å². The number of pyridine rings is 1. The summed E-state index contributed by atoms with van der Waals surface area (Å²) < 4.78 is 10.6. The first kappa shape index (κ1) is 15.3. The third-order valence-corrected chi connectivity index (χ3v) is 3.70. The molecular weight excluding hydrogens is 296 g/mol. The number of ether oxygens (including phenoxy) is 2. The van der Waals surface area contributed by atoms with Crippen molar-refractivity contribution in [2.75, 3.05) is 19.9 Å². The van der Waals surface area contributed by atoms with E-state index in [-0.39, 0.29) is 25.2 Å². The Morgan fingerprint density at radius 2 is 2.22 bits per heavy atom. The molecule has 3 rings (SSSR count). The molecule has 1 atom stereocenters. The van der Waals surface area contributed by atoms with Crippen molar-refractivity contribution in [2.45, 2.75) is 6.42 Å². The van der Waals surface area contributed by atoms with E-state index >= 15 is 0 Å². The third-order valence-electron chi connectivity index (χ3n) is 3.70. The van der Waals surface area contributed by atoms with Gasteiger partial charge in [-0.2, -0.15) is 0 Å². The number of rotatable bonds is 6. The number of hydrogen-bond acceptors (Lipinski definition) is 5. The van der Waals surface area contributed by atoms with Crippen molar-refractivity contribution in [1.82, 2.24) is 10.3 Å². The smallest absolute Gasteiger partial charge is 0.255 e. The molecule has 1 aromatic heterocycles. The summed E-state index contributed by atoms with van der Waals surface area (Å²) in [6.45, 7) is 0.482. The Morgan fingerprint density at radius 1 is 1.30 bits per heavy atom. The summed E-state index contributed by atoms with van der Waals surface area (Å²) in [7, 11) is 0. The fourth-order valence-corrected chi connectivity index (χ4v) is 2.49. The Kier molecular flexibility index (Phi) is 4.73. The van der Waals surface area contributed by atoms with Crippen molar-refractivity contribution in [3.8, 4) is 11.5 Å². The van der Waals surface area contributed by atoms with E-state index in [9.17, 15) is 9.90 Å². The zero-order valence-corrected chi connectivity index (χ0v) is 12.6. The van der Waals surface area contributed by atoms with Gasteiger partial charge in [0, 0.05) is 31.5 Å². The number of aliphatic hydroxyl groups is 1. The number of hydrogen-bond donors (Lipinski definition) is 2. The van der Waals surface area contributed by atoms with E-state index in [1.807, 2.05) is 12.1 Å². The SMILES string of the molecule is O=C(NCC(CO)Cc1cccnc1)c1cccc2c1OCO2. The number of carbonyl (C=O) groups is 1. The lowest BCUT2D eigenvalue weighted by atomic mass is 10.0. The summed E-state index contributed by atoms with van der Waals surface area (Å²) in [5.74, 6) is 0.735. The molecule has 1 aromatic carbocycles. The van der Waals surface area contributed by atoms with Crippen molar-refractivity contribution >= 4 is 5.91 Å². The number of para-hydroxylation sites is 1. The summed E-state index contributed by atoms with van der Waals surface area (Å²) in [6, 6.07) is 9.01. The highest BCUT2D eigenvalue weighted by Crippen LogP contribution is 2.35. The molecule has 0 saturated carbocycles. The van der Waals surface area contributed by atoms with Gasteiger partial charge >= 0.3 is 0 Å². The number of aliphatic hydroxyl groups excluding tert-OH is 1. The van der Waals surface area contributed by atoms with Crippen molar-refractivity contribution in [3.05, 3.63) is 53.9 Å². The van der Waals surface area contributed by atoms with Gasteiger partial charge in [-0.05, 0) is 30.2 Å². The quantitative estimate of drug-likeness (QED) is 0.842. The van der Waals surface area contributed by atoms with Crippen LogP contribution in [-0.2, 0) is 6.42 Å². The van der Waals surface area contributed by atoms with Gasteiger partial charge in [0.25, 0.3) is 5.91 Å². The maximum Gasteiger partial charge on any atom is 0.255 e. The Bertz CT molecular complexity index is 676. The number of amides is 1. The van der Waals surface area contributed by atoms with Gasteiger partial charge in [0.15, 0.2) is 11.5 Å². The molecule has 1 unspecified atom stereocenters. The van der Waals surface area contributed by atoms with Crippen LogP contribution in [0.5, 0.6) is 11.5 Å². The minimum atomic E-state index is -0.239. The molecule has 6 heteroatoms. The molecule has 0 bridgehead atoms. The van der Waals surface area contributed by atoms with Crippen molar-refractivity contribution in [3.63, 3.8) is 0 Å². The van der Waals surface area contributed by atoms with Gasteiger partial charge < -0.3 is 19.9 Å². The molecule has 0 fully saturated rings. The average molecular weight is 314 g/mol. The summed E-state index contributed by atoms with van der Waals surface area (Å²) in [5.41, 5.74) is 1.47. The van der Waals surface area contributed by atoms with Crippen LogP contribution in [0, 0.1) is 5.92 Å². The van der Waals surface area contributed by atoms with E-state index in [4.69, 9.17) is 9.47 Å². The fraction of sp³-hybridized carbons (Fsp3) is 0.294. The molecule has 2 aromatic rings. The van der Waals surface area contributed by atoms with Gasteiger partial charge in [-0.15, -0.1) is 0 Å². The van der Waals surface area contributed by atoms with Gasteiger partial charge in [0.1, 0.15) is 0 Å². The standard InChI is InChI=1S/C17H18N2O4/c20-10-13(7-12-3-2-6-18-8-12)9-19-17(21)14-4-1-5-15-16(14)23-11-22-15/h1-6,8,13,20H,7,9-11H2,(H,19,21). The van der Waals surface area contributed by atoms with E-state index < -0.39 is 0 Å². The highest BCUT2D eigenvalue weighted by molar-refractivity contribution is 5.97. The van der Waals surface area contributed by atoms with Crippen LogP contribution in [0.3, 0.4) is 0 Å². The third kappa shape index (κ3) is 3.60. The average Bonchev–Trinajstić information content (AvgIpc) is 3.07. The van der Waals surface area contributed by atoms with E-state index in [2.05, 4.69) is 10.3 Å². The van der Waals surface area contributed by atoms with Crippen LogP contribution in [0.2, 0.25) is 0 Å². The minimum absolute atomic E-state index is 0.0122. The fourth-order valence-electron chi connectivity index (χ4n) is 2.49. The molecule has 23 heavy (non-hydrogen) atoms. The van der Waals surface area contributed by atoms with Crippen LogP contribution < -0.4 is 14.8 Å². The monoisotopic (exact) mass is 314 g/mol. The second-order valence-corrected chi connectivity index (χ2v) is 5.36. The molecule has 1 amide bonds. The first-order valence-electron chi connectivity index (χ1n) is 7.44. The minimum Gasteiger partial charge on any atom is -0.454 e. The van der Waals surface area contributed by atoms with Gasteiger partial charge in [0.05, 0.1) is 5.56 Å². The van der Waals surface area contributed by atoms with Crippen LogP contribution in [0.4, 0.5) is 0 Å². The number of benzene rings is 1. The van der Waals surface area contributed by atoms with Crippen LogP contribution in [-0.4, -0.2) is 35.9 Å². The van der Waals surface area contributed by atoms with Crippen molar-refractivity contribution in [1.29, 1.82) is 0 Å². The first-order chi connectivity index (χ1) is 11.3.